The fourth-order valence-electron chi connectivity index (χ4n) is 2.78. The number of anilines is 1. The van der Waals surface area contributed by atoms with Crippen molar-refractivity contribution in [1.82, 2.24) is 0 Å². The number of nitrogens with zero attached hydrogens (tertiary/aromatic N) is 1. The molecule has 0 fully saturated rings. The highest BCUT2D eigenvalue weighted by Gasteiger charge is 2.28. The first kappa shape index (κ1) is 18.8. The van der Waals surface area contributed by atoms with Crippen LogP contribution >= 0.6 is 0 Å². The minimum Gasteiger partial charge on any atom is -0.465 e. The number of rotatable bonds is 6. The molecule has 0 aliphatic rings. The molecular weight excluding hydrogens is 369 g/mol. The van der Waals surface area contributed by atoms with Crippen LogP contribution in [0.15, 0.2) is 71.6 Å². The van der Waals surface area contributed by atoms with Crippen molar-refractivity contribution in [2.75, 3.05) is 17.5 Å². The predicted octanol–water partition coefficient (Wildman–Crippen LogP) is 3.74. The van der Waals surface area contributed by atoms with E-state index in [-0.39, 0.29) is 11.5 Å². The summed E-state index contributed by atoms with van der Waals surface area (Å²) >= 11 is 0. The summed E-state index contributed by atoms with van der Waals surface area (Å²) in [7, 11) is -4.11. The summed E-state index contributed by atoms with van der Waals surface area (Å²) in [6.45, 7) is 1.30. The largest absolute Gasteiger partial charge is 0.465 e. The number of carbonyl (C=O) groups is 1. The van der Waals surface area contributed by atoms with Crippen LogP contribution in [0.4, 0.5) is 10.1 Å². The van der Waals surface area contributed by atoms with Gasteiger partial charge in [-0.15, -0.1) is 0 Å². The third-order valence-corrected chi connectivity index (χ3v) is 5.79. The van der Waals surface area contributed by atoms with Crippen LogP contribution in [0.1, 0.15) is 6.92 Å². The van der Waals surface area contributed by atoms with Crippen LogP contribution in [0, 0.1) is 5.82 Å². The van der Waals surface area contributed by atoms with Crippen molar-refractivity contribution in [3.05, 3.63) is 72.5 Å². The molecule has 0 aliphatic heterocycles. The summed E-state index contributed by atoms with van der Waals surface area (Å²) < 4.78 is 45.6. The molecule has 0 saturated carbocycles. The predicted molar refractivity (Wildman–Crippen MR) is 102 cm³/mol. The maximum atomic E-state index is 13.2. The number of sulfonamides is 1. The van der Waals surface area contributed by atoms with Gasteiger partial charge in [-0.25, -0.2) is 12.8 Å². The first-order chi connectivity index (χ1) is 12.9. The van der Waals surface area contributed by atoms with Gasteiger partial charge in [0.1, 0.15) is 12.4 Å². The maximum Gasteiger partial charge on any atom is 0.326 e. The van der Waals surface area contributed by atoms with Gasteiger partial charge in [0.15, 0.2) is 0 Å². The molecule has 0 spiro atoms. The van der Waals surface area contributed by atoms with Gasteiger partial charge in [-0.1, -0.05) is 36.4 Å². The Morgan fingerprint density at radius 1 is 1.00 bits per heavy atom. The Balaban J connectivity index is 2.16. The van der Waals surface area contributed by atoms with Crippen molar-refractivity contribution in [3.63, 3.8) is 0 Å². The van der Waals surface area contributed by atoms with Crippen molar-refractivity contribution in [2.24, 2.45) is 0 Å². The SMILES string of the molecule is CCOC(=O)CN(c1cccc2ccccc12)S(=O)(=O)c1ccc(F)cc1. The highest BCUT2D eigenvalue weighted by Crippen LogP contribution is 2.31. The number of ether oxygens (including phenoxy) is 1. The van der Waals surface area contributed by atoms with Crippen molar-refractivity contribution in [2.45, 2.75) is 11.8 Å². The van der Waals surface area contributed by atoms with E-state index in [0.717, 1.165) is 21.8 Å². The van der Waals surface area contributed by atoms with E-state index in [2.05, 4.69) is 0 Å². The van der Waals surface area contributed by atoms with Crippen molar-refractivity contribution < 1.29 is 22.3 Å². The number of carbonyl (C=O) groups excluding carboxylic acids is 1. The molecule has 0 unspecified atom stereocenters. The summed E-state index contributed by atoms with van der Waals surface area (Å²) in [5.41, 5.74) is 0.352. The Hall–Kier alpha value is -2.93. The zero-order valence-electron chi connectivity index (χ0n) is 14.6. The lowest BCUT2D eigenvalue weighted by Gasteiger charge is -2.25. The van der Waals surface area contributed by atoms with Gasteiger partial charge in [0.05, 0.1) is 17.2 Å². The number of esters is 1. The van der Waals surface area contributed by atoms with Gasteiger partial charge in [-0.3, -0.25) is 9.10 Å². The lowest BCUT2D eigenvalue weighted by atomic mass is 10.1. The monoisotopic (exact) mass is 387 g/mol. The summed E-state index contributed by atoms with van der Waals surface area (Å²) in [6, 6.07) is 17.0. The Kier molecular flexibility index (Phi) is 5.41. The van der Waals surface area contributed by atoms with Gasteiger partial charge in [0.2, 0.25) is 0 Å². The molecule has 5 nitrogen and oxygen atoms in total. The first-order valence-corrected chi connectivity index (χ1v) is 9.79. The molecule has 0 radical (unpaired) electrons. The molecule has 0 aliphatic carbocycles. The number of hydrogen-bond acceptors (Lipinski definition) is 4. The van der Waals surface area contributed by atoms with Crippen LogP contribution in [0.5, 0.6) is 0 Å². The van der Waals surface area contributed by atoms with Gasteiger partial charge < -0.3 is 4.74 Å². The van der Waals surface area contributed by atoms with Crippen molar-refractivity contribution in [3.8, 4) is 0 Å². The van der Waals surface area contributed by atoms with Crippen LogP contribution < -0.4 is 4.31 Å². The van der Waals surface area contributed by atoms with Gasteiger partial charge in [0, 0.05) is 5.39 Å². The molecule has 0 N–H and O–H groups in total. The van der Waals surface area contributed by atoms with E-state index in [9.17, 15) is 17.6 Å². The smallest absolute Gasteiger partial charge is 0.326 e. The van der Waals surface area contributed by atoms with Crippen LogP contribution in [-0.4, -0.2) is 27.5 Å². The lowest BCUT2D eigenvalue weighted by molar-refractivity contribution is -0.141. The summed E-state index contributed by atoms with van der Waals surface area (Å²) in [5.74, 6) is -1.22. The molecular formula is C20H18FNO4S. The molecule has 3 aromatic carbocycles. The maximum absolute atomic E-state index is 13.2. The normalized spacial score (nSPS) is 11.3. The van der Waals surface area contributed by atoms with E-state index < -0.39 is 28.4 Å². The average molecular weight is 387 g/mol. The second kappa shape index (κ2) is 7.75. The van der Waals surface area contributed by atoms with Gasteiger partial charge in [0.25, 0.3) is 10.0 Å². The molecule has 3 aromatic rings. The third-order valence-electron chi connectivity index (χ3n) is 4.01. The number of halogens is 1. The Morgan fingerprint density at radius 2 is 1.67 bits per heavy atom. The molecule has 0 amide bonds. The highest BCUT2D eigenvalue weighted by atomic mass is 32.2. The topological polar surface area (TPSA) is 63.7 Å². The van der Waals surface area contributed by atoms with E-state index in [1.807, 2.05) is 18.2 Å². The summed E-state index contributed by atoms with van der Waals surface area (Å²) in [5, 5.41) is 1.51. The molecule has 0 atom stereocenters. The van der Waals surface area contributed by atoms with Gasteiger partial charge in [-0.2, -0.15) is 0 Å². The minimum absolute atomic E-state index is 0.110. The first-order valence-electron chi connectivity index (χ1n) is 8.35. The molecule has 140 valence electrons. The quantitative estimate of drug-likeness (QED) is 0.605. The third kappa shape index (κ3) is 3.93. The molecule has 0 aromatic heterocycles. The van der Waals surface area contributed by atoms with Gasteiger partial charge >= 0.3 is 5.97 Å². The van der Waals surface area contributed by atoms with E-state index in [0.29, 0.717) is 11.1 Å². The number of hydrogen-bond donors (Lipinski definition) is 0. The van der Waals surface area contributed by atoms with Crippen LogP contribution in [-0.2, 0) is 19.6 Å². The zero-order chi connectivity index (χ0) is 19.4. The van der Waals surface area contributed by atoms with Crippen molar-refractivity contribution in [1.29, 1.82) is 0 Å². The Morgan fingerprint density at radius 3 is 2.37 bits per heavy atom. The van der Waals surface area contributed by atoms with E-state index in [4.69, 9.17) is 4.74 Å². The molecule has 0 heterocycles. The summed E-state index contributed by atoms with van der Waals surface area (Å²) in [4.78, 5) is 12.0. The van der Waals surface area contributed by atoms with Crippen LogP contribution in [0.2, 0.25) is 0 Å². The van der Waals surface area contributed by atoms with Crippen molar-refractivity contribution >= 4 is 32.5 Å². The van der Waals surface area contributed by atoms with E-state index in [1.54, 1.807) is 31.2 Å². The van der Waals surface area contributed by atoms with E-state index in [1.165, 1.54) is 12.1 Å². The molecule has 27 heavy (non-hydrogen) atoms. The standard InChI is InChI=1S/C20H18FNO4S/c1-2-26-20(23)14-22(27(24,25)17-12-10-16(21)11-13-17)19-9-5-7-15-6-3-4-8-18(15)19/h3-13H,2,14H2,1H3. The zero-order valence-corrected chi connectivity index (χ0v) is 15.4. The second-order valence-electron chi connectivity index (χ2n) is 5.77. The number of benzene rings is 3. The molecule has 0 saturated heterocycles. The summed E-state index contributed by atoms with van der Waals surface area (Å²) in [6.07, 6.45) is 0. The fourth-order valence-corrected chi connectivity index (χ4v) is 4.21. The fraction of sp³-hybridized carbons (Fsp3) is 0.150. The molecule has 0 bridgehead atoms. The van der Waals surface area contributed by atoms with Crippen LogP contribution in [0.3, 0.4) is 0 Å². The van der Waals surface area contributed by atoms with E-state index >= 15 is 0 Å². The highest BCUT2D eigenvalue weighted by molar-refractivity contribution is 7.92. The molecule has 7 heteroatoms. The lowest BCUT2D eigenvalue weighted by Crippen LogP contribution is -2.36. The Bertz CT molecular complexity index is 1060. The minimum atomic E-state index is -4.11. The Labute approximate surface area is 157 Å². The second-order valence-corrected chi connectivity index (χ2v) is 7.63. The number of fused-ring (bicyclic) bond motifs is 1. The van der Waals surface area contributed by atoms with Crippen LogP contribution in [0.25, 0.3) is 10.8 Å². The average Bonchev–Trinajstić information content (AvgIpc) is 2.66. The molecule has 3 rings (SSSR count). The van der Waals surface area contributed by atoms with Gasteiger partial charge in [-0.05, 0) is 42.6 Å².